The van der Waals surface area contributed by atoms with Crippen LogP contribution in [-0.2, 0) is 0 Å². The highest BCUT2D eigenvalue weighted by molar-refractivity contribution is 5.87. The van der Waals surface area contributed by atoms with Crippen molar-refractivity contribution in [3.05, 3.63) is 89.0 Å². The van der Waals surface area contributed by atoms with E-state index < -0.39 is 0 Å². The molecule has 3 atom stereocenters. The molecule has 3 aromatic rings. The van der Waals surface area contributed by atoms with Gasteiger partial charge in [0.1, 0.15) is 0 Å². The van der Waals surface area contributed by atoms with Gasteiger partial charge in [-0.1, -0.05) is 66.7 Å². The molecule has 1 N–H and O–H groups in total. The minimum Gasteiger partial charge on any atom is -0.377 e. The molecule has 124 valence electrons. The van der Waals surface area contributed by atoms with Gasteiger partial charge in [0.05, 0.1) is 6.04 Å². The first kappa shape index (κ1) is 14.8. The molecule has 0 amide bonds. The zero-order valence-corrected chi connectivity index (χ0v) is 14.8. The molecule has 1 aliphatic carbocycles. The Morgan fingerprint density at radius 2 is 1.72 bits per heavy atom. The Kier molecular flexibility index (Phi) is 3.24. The Balaban J connectivity index is 1.71. The average molecular weight is 325 g/mol. The molecule has 0 radical (unpaired) electrons. The van der Waals surface area contributed by atoms with Gasteiger partial charge in [0.15, 0.2) is 0 Å². The van der Waals surface area contributed by atoms with Crippen molar-refractivity contribution in [2.75, 3.05) is 5.32 Å². The van der Waals surface area contributed by atoms with E-state index in [1.807, 2.05) is 0 Å². The van der Waals surface area contributed by atoms with Gasteiger partial charge in [0.2, 0.25) is 0 Å². The maximum absolute atomic E-state index is 3.95. The lowest BCUT2D eigenvalue weighted by molar-refractivity contribution is 0.427. The second-order valence-electron chi connectivity index (χ2n) is 7.52. The second kappa shape index (κ2) is 5.49. The molecule has 2 aliphatic rings. The van der Waals surface area contributed by atoms with Crippen molar-refractivity contribution in [2.45, 2.75) is 32.2 Å². The normalized spacial score (nSPS) is 24.0. The van der Waals surface area contributed by atoms with Crippen LogP contribution in [0.2, 0.25) is 0 Å². The predicted molar refractivity (Wildman–Crippen MR) is 106 cm³/mol. The van der Waals surface area contributed by atoms with Crippen molar-refractivity contribution in [1.29, 1.82) is 0 Å². The average Bonchev–Trinajstić information content (AvgIpc) is 3.14. The topological polar surface area (TPSA) is 12.0 Å². The molecule has 25 heavy (non-hydrogen) atoms. The number of rotatable bonds is 1. The molecular formula is C24H23N. The summed E-state index contributed by atoms with van der Waals surface area (Å²) in [5.41, 5.74) is 7.01. The van der Waals surface area contributed by atoms with Crippen molar-refractivity contribution in [3.63, 3.8) is 0 Å². The van der Waals surface area contributed by atoms with Crippen molar-refractivity contribution >= 4 is 16.5 Å². The van der Waals surface area contributed by atoms with Crippen molar-refractivity contribution in [3.8, 4) is 0 Å². The number of anilines is 1. The summed E-state index contributed by atoms with van der Waals surface area (Å²) in [7, 11) is 0. The summed E-state index contributed by atoms with van der Waals surface area (Å²) in [6.45, 7) is 4.46. The van der Waals surface area contributed by atoms with Crippen LogP contribution in [-0.4, -0.2) is 0 Å². The van der Waals surface area contributed by atoms with Gasteiger partial charge < -0.3 is 5.32 Å². The lowest BCUT2D eigenvalue weighted by Crippen LogP contribution is -2.29. The molecule has 1 nitrogen and oxygen atoms in total. The minimum atomic E-state index is 0.360. The Hall–Kier alpha value is -2.54. The summed E-state index contributed by atoms with van der Waals surface area (Å²) in [4.78, 5) is 0. The standard InChI is InChI=1S/C24H23N/c1-15-13-14-22-19-10-6-12-21(19)24(25-23(22)16(15)2)20-11-5-8-17-7-3-4-9-18(17)20/h3-11,13-14,19,21,24-25H,12H2,1-2H3. The molecule has 0 bridgehead atoms. The van der Waals surface area contributed by atoms with E-state index in [1.54, 1.807) is 0 Å². The number of allylic oxidation sites excluding steroid dienone is 2. The Bertz CT molecular complexity index is 993. The molecule has 3 unspecified atom stereocenters. The second-order valence-corrected chi connectivity index (χ2v) is 7.52. The molecule has 0 fully saturated rings. The van der Waals surface area contributed by atoms with Crippen LogP contribution in [0.5, 0.6) is 0 Å². The monoisotopic (exact) mass is 325 g/mol. The van der Waals surface area contributed by atoms with Crippen LogP contribution in [0.3, 0.4) is 0 Å². The van der Waals surface area contributed by atoms with Crippen LogP contribution in [0.1, 0.15) is 40.6 Å². The molecule has 0 aromatic heterocycles. The van der Waals surface area contributed by atoms with Gasteiger partial charge >= 0.3 is 0 Å². The molecule has 0 spiro atoms. The maximum atomic E-state index is 3.95. The van der Waals surface area contributed by atoms with Crippen molar-refractivity contribution < 1.29 is 0 Å². The van der Waals surface area contributed by atoms with Gasteiger partial charge in [-0.25, -0.2) is 0 Å². The van der Waals surface area contributed by atoms with E-state index in [2.05, 4.69) is 85.9 Å². The zero-order valence-electron chi connectivity index (χ0n) is 14.8. The van der Waals surface area contributed by atoms with Crippen LogP contribution in [0.4, 0.5) is 5.69 Å². The molecule has 0 saturated heterocycles. The van der Waals surface area contributed by atoms with Crippen LogP contribution >= 0.6 is 0 Å². The summed E-state index contributed by atoms with van der Waals surface area (Å²) in [5, 5.41) is 6.65. The van der Waals surface area contributed by atoms with E-state index in [-0.39, 0.29) is 0 Å². The maximum Gasteiger partial charge on any atom is 0.0560 e. The van der Waals surface area contributed by atoms with E-state index in [0.29, 0.717) is 17.9 Å². The highest BCUT2D eigenvalue weighted by Gasteiger charge is 2.38. The van der Waals surface area contributed by atoms with Gasteiger partial charge in [-0.3, -0.25) is 0 Å². The fraction of sp³-hybridized carbons (Fsp3) is 0.250. The van der Waals surface area contributed by atoms with Crippen LogP contribution in [0.15, 0.2) is 66.7 Å². The van der Waals surface area contributed by atoms with Gasteiger partial charge in [0.25, 0.3) is 0 Å². The lowest BCUT2D eigenvalue weighted by Gasteiger charge is -2.39. The number of fused-ring (bicyclic) bond motifs is 4. The van der Waals surface area contributed by atoms with Crippen LogP contribution in [0, 0.1) is 19.8 Å². The van der Waals surface area contributed by atoms with E-state index in [4.69, 9.17) is 0 Å². The Morgan fingerprint density at radius 1 is 0.880 bits per heavy atom. The summed E-state index contributed by atoms with van der Waals surface area (Å²) < 4.78 is 0. The quantitative estimate of drug-likeness (QED) is 0.519. The minimum absolute atomic E-state index is 0.360. The van der Waals surface area contributed by atoms with Gasteiger partial charge in [-0.2, -0.15) is 0 Å². The van der Waals surface area contributed by atoms with Crippen molar-refractivity contribution in [1.82, 2.24) is 0 Å². The zero-order chi connectivity index (χ0) is 17.0. The smallest absolute Gasteiger partial charge is 0.0560 e. The largest absolute Gasteiger partial charge is 0.377 e. The summed E-state index contributed by atoms with van der Waals surface area (Å²) in [6.07, 6.45) is 5.95. The first-order chi connectivity index (χ1) is 12.2. The Labute approximate surface area is 149 Å². The molecule has 1 heteroatoms. The molecular weight excluding hydrogens is 302 g/mol. The lowest BCUT2D eigenvalue weighted by atomic mass is 9.75. The SMILES string of the molecule is Cc1ccc2c(c1C)NC(c1cccc3ccccc13)C1CC=CC21. The summed E-state index contributed by atoms with van der Waals surface area (Å²) >= 11 is 0. The number of benzene rings is 3. The van der Waals surface area contributed by atoms with E-state index >= 15 is 0 Å². The predicted octanol–water partition coefficient (Wildman–Crippen LogP) is 6.28. The first-order valence-electron chi connectivity index (χ1n) is 9.25. The van der Waals surface area contributed by atoms with Gasteiger partial charge in [0, 0.05) is 11.6 Å². The first-order valence-corrected chi connectivity index (χ1v) is 9.25. The third-order valence-electron chi connectivity index (χ3n) is 6.23. The van der Waals surface area contributed by atoms with E-state index in [1.165, 1.54) is 38.7 Å². The fourth-order valence-corrected chi connectivity index (χ4v) is 4.75. The van der Waals surface area contributed by atoms with E-state index in [9.17, 15) is 0 Å². The fourth-order valence-electron chi connectivity index (χ4n) is 4.75. The van der Waals surface area contributed by atoms with Gasteiger partial charge in [-0.05, 0) is 59.2 Å². The summed E-state index contributed by atoms with van der Waals surface area (Å²) in [6, 6.07) is 20.5. The highest BCUT2D eigenvalue weighted by Crippen LogP contribution is 2.51. The number of nitrogens with one attached hydrogen (secondary N) is 1. The van der Waals surface area contributed by atoms with Gasteiger partial charge in [-0.15, -0.1) is 0 Å². The third kappa shape index (κ3) is 2.15. The molecule has 3 aromatic carbocycles. The number of hydrogen-bond donors (Lipinski definition) is 1. The molecule has 5 rings (SSSR count). The summed E-state index contributed by atoms with van der Waals surface area (Å²) in [5.74, 6) is 1.12. The third-order valence-corrected chi connectivity index (χ3v) is 6.23. The molecule has 1 heterocycles. The van der Waals surface area contributed by atoms with E-state index in [0.717, 1.165) is 6.42 Å². The molecule has 0 saturated carbocycles. The number of hydrogen-bond acceptors (Lipinski definition) is 1. The Morgan fingerprint density at radius 3 is 2.64 bits per heavy atom. The highest BCUT2D eigenvalue weighted by atomic mass is 15.0. The molecule has 1 aliphatic heterocycles. The number of aryl methyl sites for hydroxylation is 1. The van der Waals surface area contributed by atoms with Crippen LogP contribution < -0.4 is 5.32 Å². The van der Waals surface area contributed by atoms with Crippen molar-refractivity contribution in [2.24, 2.45) is 5.92 Å². The van der Waals surface area contributed by atoms with Crippen LogP contribution in [0.25, 0.3) is 10.8 Å².